The zero-order valence-electron chi connectivity index (χ0n) is 18.3. The Morgan fingerprint density at radius 2 is 1.50 bits per heavy atom. The van der Waals surface area contributed by atoms with Crippen LogP contribution >= 0.6 is 0 Å². The van der Waals surface area contributed by atoms with E-state index in [0.29, 0.717) is 0 Å². The van der Waals surface area contributed by atoms with Crippen LogP contribution in [0.3, 0.4) is 0 Å². The van der Waals surface area contributed by atoms with Gasteiger partial charge in [0.25, 0.3) is 0 Å². The van der Waals surface area contributed by atoms with E-state index in [4.69, 9.17) is 0 Å². The van der Waals surface area contributed by atoms with E-state index in [1.165, 1.54) is 39.0 Å². The molecule has 1 aliphatic carbocycles. The zero-order valence-corrected chi connectivity index (χ0v) is 18.3. The average molecular weight is 399 g/mol. The lowest BCUT2D eigenvalue weighted by molar-refractivity contribution is 0.0785. The van der Waals surface area contributed by atoms with E-state index in [-0.39, 0.29) is 5.75 Å². The molecule has 0 aromatic heterocycles. The quantitative estimate of drug-likeness (QED) is 0.526. The van der Waals surface area contributed by atoms with Crippen LogP contribution in [-0.2, 0) is 12.0 Å². The number of allylic oxidation sites excluding steroid dienone is 1. The molecule has 30 heavy (non-hydrogen) atoms. The smallest absolute Gasteiger partial charge is 0.115 e. The van der Waals surface area contributed by atoms with E-state index in [1.54, 1.807) is 12.1 Å². The molecule has 0 atom stereocenters. The summed E-state index contributed by atoms with van der Waals surface area (Å²) in [5.74, 6) is 0.277. The Balaban J connectivity index is 2.00. The second kappa shape index (κ2) is 7.77. The maximum absolute atomic E-state index is 10.5. The number of benzene rings is 3. The fourth-order valence-electron chi connectivity index (χ4n) is 4.55. The van der Waals surface area contributed by atoms with Crippen LogP contribution in [0.25, 0.3) is 11.1 Å². The molecular weight excluding hydrogens is 368 g/mol. The van der Waals surface area contributed by atoms with Crippen LogP contribution in [0.5, 0.6) is 5.75 Å². The number of rotatable bonds is 3. The Bertz CT molecular complexity index is 1110. The number of phenolic OH excluding ortho intramolecular Hbond substituents is 1. The summed E-state index contributed by atoms with van der Waals surface area (Å²) in [6.07, 6.45) is 3.04. The van der Waals surface area contributed by atoms with Crippen molar-refractivity contribution in [1.29, 1.82) is 0 Å². The standard InChI is InChI=1S/C28H30O2/c1-18-8-14-24(19(2)16-18)26-7-5-6-21-17-22(28(3,4)30)11-15-25(21)27(26)20-9-12-23(29)13-10-20/h8-17,29-30H,5-7H2,1-4H3. The number of aromatic hydroxyl groups is 1. The summed E-state index contributed by atoms with van der Waals surface area (Å²) in [6, 6.07) is 20.6. The van der Waals surface area contributed by atoms with Crippen LogP contribution in [0.4, 0.5) is 0 Å². The van der Waals surface area contributed by atoms with Gasteiger partial charge < -0.3 is 10.2 Å². The predicted molar refractivity (Wildman–Crippen MR) is 125 cm³/mol. The van der Waals surface area contributed by atoms with E-state index in [0.717, 1.165) is 30.4 Å². The van der Waals surface area contributed by atoms with Gasteiger partial charge in [0.2, 0.25) is 0 Å². The molecule has 4 rings (SSSR count). The monoisotopic (exact) mass is 398 g/mol. The highest BCUT2D eigenvalue weighted by atomic mass is 16.3. The normalized spacial score (nSPS) is 14.4. The second-order valence-corrected chi connectivity index (χ2v) is 9.00. The minimum Gasteiger partial charge on any atom is -0.508 e. The van der Waals surface area contributed by atoms with Gasteiger partial charge in [0.15, 0.2) is 0 Å². The van der Waals surface area contributed by atoms with Crippen molar-refractivity contribution in [3.63, 3.8) is 0 Å². The zero-order chi connectivity index (χ0) is 21.5. The minimum absolute atomic E-state index is 0.277. The third-order valence-corrected chi connectivity index (χ3v) is 6.12. The molecule has 0 radical (unpaired) electrons. The Hall–Kier alpha value is -2.84. The maximum atomic E-state index is 10.5. The highest BCUT2D eigenvalue weighted by molar-refractivity contribution is 6.00. The van der Waals surface area contributed by atoms with Crippen LogP contribution in [-0.4, -0.2) is 10.2 Å². The van der Waals surface area contributed by atoms with E-state index < -0.39 is 5.60 Å². The number of hydrogen-bond acceptors (Lipinski definition) is 2. The second-order valence-electron chi connectivity index (χ2n) is 9.00. The molecule has 3 aromatic rings. The number of phenols is 1. The number of aryl methyl sites for hydroxylation is 3. The Morgan fingerprint density at radius 1 is 0.800 bits per heavy atom. The summed E-state index contributed by atoms with van der Waals surface area (Å²) < 4.78 is 0. The van der Waals surface area contributed by atoms with Gasteiger partial charge in [-0.2, -0.15) is 0 Å². The first-order valence-electron chi connectivity index (χ1n) is 10.7. The van der Waals surface area contributed by atoms with E-state index in [9.17, 15) is 10.2 Å². The van der Waals surface area contributed by atoms with Gasteiger partial charge in [0.1, 0.15) is 5.75 Å². The fraction of sp³-hybridized carbons (Fsp3) is 0.286. The summed E-state index contributed by atoms with van der Waals surface area (Å²) in [6.45, 7) is 7.99. The molecular formula is C28H30O2. The number of hydrogen-bond donors (Lipinski definition) is 2. The first-order valence-corrected chi connectivity index (χ1v) is 10.7. The summed E-state index contributed by atoms with van der Waals surface area (Å²) in [5.41, 5.74) is 10.1. The third-order valence-electron chi connectivity index (χ3n) is 6.12. The van der Waals surface area contributed by atoms with Crippen LogP contribution < -0.4 is 0 Å². The topological polar surface area (TPSA) is 40.5 Å². The van der Waals surface area contributed by atoms with Crippen LogP contribution in [0.15, 0.2) is 60.7 Å². The maximum Gasteiger partial charge on any atom is 0.115 e. The molecule has 0 unspecified atom stereocenters. The highest BCUT2D eigenvalue weighted by Crippen LogP contribution is 2.42. The van der Waals surface area contributed by atoms with Gasteiger partial charge >= 0.3 is 0 Å². The predicted octanol–water partition coefficient (Wildman–Crippen LogP) is 6.53. The summed E-state index contributed by atoms with van der Waals surface area (Å²) in [4.78, 5) is 0. The molecule has 0 saturated heterocycles. The summed E-state index contributed by atoms with van der Waals surface area (Å²) in [5, 5.41) is 20.4. The van der Waals surface area contributed by atoms with Crippen LogP contribution in [0.2, 0.25) is 0 Å². The van der Waals surface area contributed by atoms with Crippen molar-refractivity contribution < 1.29 is 10.2 Å². The van der Waals surface area contributed by atoms with Gasteiger partial charge in [0.05, 0.1) is 5.60 Å². The van der Waals surface area contributed by atoms with Gasteiger partial charge in [-0.25, -0.2) is 0 Å². The third kappa shape index (κ3) is 3.93. The minimum atomic E-state index is -0.861. The molecule has 2 nitrogen and oxygen atoms in total. The molecule has 0 aliphatic heterocycles. The van der Waals surface area contributed by atoms with Gasteiger partial charge in [-0.15, -0.1) is 0 Å². The van der Waals surface area contributed by atoms with E-state index >= 15 is 0 Å². The largest absolute Gasteiger partial charge is 0.508 e. The van der Waals surface area contributed by atoms with Crippen molar-refractivity contribution in [1.82, 2.24) is 0 Å². The van der Waals surface area contributed by atoms with Crippen molar-refractivity contribution in [2.45, 2.75) is 52.6 Å². The Morgan fingerprint density at radius 3 is 2.17 bits per heavy atom. The van der Waals surface area contributed by atoms with E-state index in [2.05, 4.69) is 44.2 Å². The van der Waals surface area contributed by atoms with Crippen molar-refractivity contribution in [3.8, 4) is 5.75 Å². The van der Waals surface area contributed by atoms with Crippen molar-refractivity contribution in [2.24, 2.45) is 0 Å². The molecule has 0 bridgehead atoms. The van der Waals surface area contributed by atoms with Crippen molar-refractivity contribution in [3.05, 3.63) is 99.6 Å². The van der Waals surface area contributed by atoms with Gasteiger partial charge in [-0.1, -0.05) is 54.1 Å². The summed E-state index contributed by atoms with van der Waals surface area (Å²) >= 11 is 0. The van der Waals surface area contributed by atoms with Crippen LogP contribution in [0.1, 0.15) is 65.6 Å². The van der Waals surface area contributed by atoms with Crippen molar-refractivity contribution in [2.75, 3.05) is 0 Å². The number of aliphatic hydroxyl groups is 1. The number of fused-ring (bicyclic) bond motifs is 1. The lowest BCUT2D eigenvalue weighted by atomic mass is 9.85. The van der Waals surface area contributed by atoms with Crippen LogP contribution in [0, 0.1) is 13.8 Å². The van der Waals surface area contributed by atoms with Gasteiger partial charge in [-0.05, 0) is 104 Å². The van der Waals surface area contributed by atoms with Crippen molar-refractivity contribution >= 4 is 11.1 Å². The molecule has 0 spiro atoms. The average Bonchev–Trinajstić information content (AvgIpc) is 2.87. The molecule has 2 N–H and O–H groups in total. The fourth-order valence-corrected chi connectivity index (χ4v) is 4.55. The molecule has 154 valence electrons. The van der Waals surface area contributed by atoms with E-state index in [1.807, 2.05) is 32.0 Å². The Labute approximate surface area is 179 Å². The molecule has 0 amide bonds. The first-order chi connectivity index (χ1) is 14.2. The summed E-state index contributed by atoms with van der Waals surface area (Å²) in [7, 11) is 0. The molecule has 3 aromatic carbocycles. The first kappa shape index (κ1) is 20.4. The van der Waals surface area contributed by atoms with Gasteiger partial charge in [0, 0.05) is 0 Å². The highest BCUT2D eigenvalue weighted by Gasteiger charge is 2.24. The van der Waals surface area contributed by atoms with Gasteiger partial charge in [-0.3, -0.25) is 0 Å². The lowest BCUT2D eigenvalue weighted by Gasteiger charge is -2.22. The SMILES string of the molecule is Cc1ccc(C2=C(c3ccc(O)cc3)c3ccc(C(C)(C)O)cc3CCC2)c(C)c1. The molecule has 2 heteroatoms. The lowest BCUT2D eigenvalue weighted by Crippen LogP contribution is -2.16. The molecule has 0 saturated carbocycles. The molecule has 0 fully saturated rings. The Kier molecular flexibility index (Phi) is 5.29. The molecule has 0 heterocycles. The molecule has 1 aliphatic rings.